The van der Waals surface area contributed by atoms with Crippen molar-refractivity contribution in [2.24, 2.45) is 0 Å². The first kappa shape index (κ1) is 24.5. The summed E-state index contributed by atoms with van der Waals surface area (Å²) in [6, 6.07) is 6.37. The number of halogens is 4. The molecule has 0 aliphatic carbocycles. The number of hydrogen-bond donors (Lipinski definition) is 2. The molecule has 2 heterocycles. The van der Waals surface area contributed by atoms with Gasteiger partial charge in [0.25, 0.3) is 5.91 Å². The van der Waals surface area contributed by atoms with Crippen molar-refractivity contribution in [3.8, 4) is 23.0 Å². The molecular formula is C23H20ClF3N2O6. The van der Waals surface area contributed by atoms with E-state index in [1.165, 1.54) is 24.3 Å². The molecule has 2 aromatic rings. The summed E-state index contributed by atoms with van der Waals surface area (Å²) in [5.41, 5.74) is -0.448. The van der Waals surface area contributed by atoms with E-state index in [4.69, 9.17) is 21.1 Å². The summed E-state index contributed by atoms with van der Waals surface area (Å²) in [6.45, 7) is 5.09. The number of alkyl halides is 2. The van der Waals surface area contributed by atoms with Gasteiger partial charge >= 0.3 is 6.29 Å². The van der Waals surface area contributed by atoms with Gasteiger partial charge < -0.3 is 29.6 Å². The van der Waals surface area contributed by atoms with Gasteiger partial charge in [-0.25, -0.2) is 4.39 Å². The molecule has 0 bridgehead atoms. The highest BCUT2D eigenvalue weighted by atomic mass is 35.5. The summed E-state index contributed by atoms with van der Waals surface area (Å²) in [7, 11) is 0. The molecule has 0 saturated heterocycles. The maximum atomic E-state index is 13.4. The smallest absolute Gasteiger partial charge is 0.492 e. The fourth-order valence-corrected chi connectivity index (χ4v) is 3.67. The zero-order valence-corrected chi connectivity index (χ0v) is 19.1. The van der Waals surface area contributed by atoms with Crippen LogP contribution < -0.4 is 29.6 Å². The number of rotatable bonds is 8. The second kappa shape index (κ2) is 9.21. The minimum atomic E-state index is -3.78. The lowest BCUT2D eigenvalue weighted by atomic mass is 9.83. The molecule has 2 aliphatic rings. The van der Waals surface area contributed by atoms with Crippen LogP contribution in [-0.2, 0) is 15.0 Å². The first-order chi connectivity index (χ1) is 16.5. The highest BCUT2D eigenvalue weighted by molar-refractivity contribution is 6.30. The fourth-order valence-electron chi connectivity index (χ4n) is 3.55. The van der Waals surface area contributed by atoms with Gasteiger partial charge in [-0.05, 0) is 25.1 Å². The number of carbonyl (C=O) groups excluding carboxylic acids is 2. The normalized spacial score (nSPS) is 18.9. The van der Waals surface area contributed by atoms with Crippen LogP contribution >= 0.6 is 11.6 Å². The van der Waals surface area contributed by atoms with Crippen molar-refractivity contribution in [1.82, 2.24) is 10.6 Å². The number of carbonyl (C=O) groups is 2. The van der Waals surface area contributed by atoms with Crippen LogP contribution in [0.25, 0.3) is 0 Å². The lowest BCUT2D eigenvalue weighted by molar-refractivity contribution is -0.286. The Kier molecular flexibility index (Phi) is 6.46. The standard InChI is InChI=1S/C23H20ClF3N2O6/c1-12(29-20(30)10-32-13-3-4-15(24)16(25)7-13)5-6-28-21(31)22(2)11-33-17-9-19-18(8-14(17)22)34-23(26,27)35-19/h3-4,7-9H,1,5-6,10-11H2,2H3,(H,28,31)(H,29,30)/t22-/m0/s1. The van der Waals surface area contributed by atoms with Crippen molar-refractivity contribution in [3.63, 3.8) is 0 Å². The Morgan fingerprint density at radius 2 is 1.89 bits per heavy atom. The van der Waals surface area contributed by atoms with Crippen LogP contribution in [0.2, 0.25) is 5.02 Å². The Labute approximate surface area is 202 Å². The SMILES string of the molecule is C=C(CCNC(=O)[C@@]1(C)COc2cc3c(cc21)OC(F)(F)O3)NC(=O)COc1ccc(Cl)c(F)c1. The van der Waals surface area contributed by atoms with Gasteiger partial charge in [0.15, 0.2) is 18.1 Å². The minimum Gasteiger partial charge on any atom is -0.492 e. The second-order valence-electron chi connectivity index (χ2n) is 8.11. The topological polar surface area (TPSA) is 95.1 Å². The molecule has 35 heavy (non-hydrogen) atoms. The van der Waals surface area contributed by atoms with Crippen molar-refractivity contribution < 1.29 is 41.7 Å². The van der Waals surface area contributed by atoms with Crippen LogP contribution in [0.15, 0.2) is 42.6 Å². The van der Waals surface area contributed by atoms with E-state index in [9.17, 15) is 22.8 Å². The maximum Gasteiger partial charge on any atom is 0.586 e. The van der Waals surface area contributed by atoms with Gasteiger partial charge in [0.2, 0.25) is 5.91 Å². The molecule has 0 spiro atoms. The van der Waals surface area contributed by atoms with Gasteiger partial charge in [0.1, 0.15) is 29.3 Å². The molecule has 0 aromatic heterocycles. The van der Waals surface area contributed by atoms with Gasteiger partial charge in [-0.3, -0.25) is 9.59 Å². The number of hydrogen-bond acceptors (Lipinski definition) is 6. The predicted octanol–water partition coefficient (Wildman–Crippen LogP) is 3.67. The third-order valence-corrected chi connectivity index (χ3v) is 5.71. The number of benzene rings is 2. The molecular weight excluding hydrogens is 493 g/mol. The summed E-state index contributed by atoms with van der Waals surface area (Å²) < 4.78 is 59.7. The molecule has 12 heteroatoms. The monoisotopic (exact) mass is 512 g/mol. The van der Waals surface area contributed by atoms with Crippen molar-refractivity contribution in [2.75, 3.05) is 19.8 Å². The van der Waals surface area contributed by atoms with E-state index in [0.29, 0.717) is 11.3 Å². The second-order valence-corrected chi connectivity index (χ2v) is 8.51. The Morgan fingerprint density at radius 3 is 2.60 bits per heavy atom. The molecule has 186 valence electrons. The predicted molar refractivity (Wildman–Crippen MR) is 117 cm³/mol. The van der Waals surface area contributed by atoms with Crippen molar-refractivity contribution in [3.05, 3.63) is 59.0 Å². The van der Waals surface area contributed by atoms with E-state index in [1.54, 1.807) is 6.92 Å². The molecule has 2 N–H and O–H groups in total. The molecule has 0 radical (unpaired) electrons. The molecule has 2 aliphatic heterocycles. The zero-order chi connectivity index (χ0) is 25.4. The zero-order valence-electron chi connectivity index (χ0n) is 18.4. The largest absolute Gasteiger partial charge is 0.586 e. The molecule has 0 fully saturated rings. The summed E-state index contributed by atoms with van der Waals surface area (Å²) in [5.74, 6) is -1.56. The third kappa shape index (κ3) is 5.24. The van der Waals surface area contributed by atoms with E-state index >= 15 is 0 Å². The average Bonchev–Trinajstić information content (AvgIpc) is 3.27. The van der Waals surface area contributed by atoms with Gasteiger partial charge in [0.05, 0.1) is 5.02 Å². The molecule has 2 aromatic carbocycles. The van der Waals surface area contributed by atoms with Crippen LogP contribution in [0.3, 0.4) is 0 Å². The van der Waals surface area contributed by atoms with E-state index in [0.717, 1.165) is 6.07 Å². The summed E-state index contributed by atoms with van der Waals surface area (Å²) in [6.07, 6.45) is -3.57. The van der Waals surface area contributed by atoms with E-state index in [2.05, 4.69) is 26.7 Å². The summed E-state index contributed by atoms with van der Waals surface area (Å²) >= 11 is 5.59. The van der Waals surface area contributed by atoms with Crippen LogP contribution in [0.1, 0.15) is 18.9 Å². The third-order valence-electron chi connectivity index (χ3n) is 5.40. The van der Waals surface area contributed by atoms with Gasteiger partial charge in [0, 0.05) is 36.4 Å². The lowest BCUT2D eigenvalue weighted by Gasteiger charge is -2.22. The van der Waals surface area contributed by atoms with Crippen molar-refractivity contribution in [2.45, 2.75) is 25.1 Å². The van der Waals surface area contributed by atoms with E-state index in [1.807, 2.05) is 0 Å². The van der Waals surface area contributed by atoms with Gasteiger partial charge in [-0.1, -0.05) is 18.2 Å². The number of fused-ring (bicyclic) bond motifs is 2. The molecule has 8 nitrogen and oxygen atoms in total. The first-order valence-corrected chi connectivity index (χ1v) is 10.8. The lowest BCUT2D eigenvalue weighted by Crippen LogP contribution is -2.44. The Morgan fingerprint density at radius 1 is 1.17 bits per heavy atom. The molecule has 1 atom stereocenters. The fraction of sp³-hybridized carbons (Fsp3) is 0.304. The Bertz CT molecular complexity index is 1210. The molecule has 2 amide bonds. The first-order valence-electron chi connectivity index (χ1n) is 10.4. The Balaban J connectivity index is 1.25. The highest BCUT2D eigenvalue weighted by Crippen LogP contribution is 2.49. The number of amides is 2. The molecule has 0 saturated carbocycles. The maximum absolute atomic E-state index is 13.4. The number of ether oxygens (including phenoxy) is 4. The van der Waals surface area contributed by atoms with Crippen LogP contribution in [-0.4, -0.2) is 37.9 Å². The summed E-state index contributed by atoms with van der Waals surface area (Å²) in [5, 5.41) is 5.19. The quantitative estimate of drug-likeness (QED) is 0.560. The highest BCUT2D eigenvalue weighted by Gasteiger charge is 2.48. The van der Waals surface area contributed by atoms with Crippen molar-refractivity contribution in [1.29, 1.82) is 0 Å². The van der Waals surface area contributed by atoms with Crippen LogP contribution in [0, 0.1) is 5.82 Å². The van der Waals surface area contributed by atoms with Gasteiger partial charge in [-0.2, -0.15) is 0 Å². The molecule has 4 rings (SSSR count). The van der Waals surface area contributed by atoms with E-state index < -0.39 is 29.3 Å². The van der Waals surface area contributed by atoms with Crippen LogP contribution in [0.4, 0.5) is 13.2 Å². The van der Waals surface area contributed by atoms with Crippen LogP contribution in [0.5, 0.6) is 23.0 Å². The molecule has 0 unspecified atom stereocenters. The number of nitrogens with one attached hydrogen (secondary N) is 2. The van der Waals surface area contributed by atoms with Crippen molar-refractivity contribution >= 4 is 23.4 Å². The van der Waals surface area contributed by atoms with E-state index in [-0.39, 0.29) is 54.2 Å². The summed E-state index contributed by atoms with van der Waals surface area (Å²) in [4.78, 5) is 24.9. The average molecular weight is 513 g/mol. The minimum absolute atomic E-state index is 0.00618. The van der Waals surface area contributed by atoms with Gasteiger partial charge in [-0.15, -0.1) is 8.78 Å². The Hall–Kier alpha value is -3.60.